The first-order valence-corrected chi connectivity index (χ1v) is 7.24. The van der Waals surface area contributed by atoms with Gasteiger partial charge in [0.2, 0.25) is 5.91 Å². The lowest BCUT2D eigenvalue weighted by Gasteiger charge is -2.51. The molecule has 0 aliphatic carbocycles. The number of carbonyl (C=O) groups excluding carboxylic acids is 2. The Morgan fingerprint density at radius 2 is 2.14 bits per heavy atom. The maximum atomic E-state index is 12.4. The molecule has 1 aromatic rings. The highest BCUT2D eigenvalue weighted by molar-refractivity contribution is 6.00. The third kappa shape index (κ3) is 1.99. The fourth-order valence-corrected chi connectivity index (χ4v) is 3.36. The fraction of sp³-hybridized carbons (Fsp3) is 0.500. The number of benzene rings is 1. The van der Waals surface area contributed by atoms with Gasteiger partial charge in [-0.2, -0.15) is 0 Å². The molecule has 0 radical (unpaired) electrons. The molecule has 2 heterocycles. The largest absolute Gasteiger partial charge is 0.468 e. The fourth-order valence-electron chi connectivity index (χ4n) is 3.36. The van der Waals surface area contributed by atoms with Gasteiger partial charge < -0.3 is 14.8 Å². The predicted octanol–water partition coefficient (Wildman–Crippen LogP) is 1.82. The molecular weight excluding hydrogens is 270 g/mol. The summed E-state index contributed by atoms with van der Waals surface area (Å²) >= 11 is 0. The van der Waals surface area contributed by atoms with Crippen LogP contribution in [-0.4, -0.2) is 24.2 Å². The molecule has 1 fully saturated rings. The van der Waals surface area contributed by atoms with Crippen LogP contribution in [0.3, 0.4) is 0 Å². The summed E-state index contributed by atoms with van der Waals surface area (Å²) < 4.78 is 11.1. The third-order valence-electron chi connectivity index (χ3n) is 4.56. The standard InChI is InChI=1S/C16H19NO4/c1-4-20-15(19)13-12-9(2)16(3,17-14(13)18)21-11-8-6-5-7-10(11)12/h5-9,12-13H,4H2,1-3H3,(H,17,18)/t9?,12-,13?,16-/m1/s1. The van der Waals surface area contributed by atoms with Crippen LogP contribution in [0, 0.1) is 11.8 Å². The van der Waals surface area contributed by atoms with Crippen LogP contribution in [0.1, 0.15) is 32.3 Å². The summed E-state index contributed by atoms with van der Waals surface area (Å²) in [5.41, 5.74) is 0.106. The number of hydrogen-bond donors (Lipinski definition) is 1. The number of ether oxygens (including phenoxy) is 2. The van der Waals surface area contributed by atoms with Crippen LogP contribution in [0.25, 0.3) is 0 Å². The van der Waals surface area contributed by atoms with Crippen LogP contribution in [0.4, 0.5) is 0 Å². The molecule has 0 aromatic heterocycles. The number of para-hydroxylation sites is 1. The molecule has 5 heteroatoms. The second kappa shape index (κ2) is 4.76. The van der Waals surface area contributed by atoms with Crippen molar-refractivity contribution in [3.05, 3.63) is 29.8 Å². The Hall–Kier alpha value is -2.04. The zero-order valence-electron chi connectivity index (χ0n) is 12.4. The van der Waals surface area contributed by atoms with Gasteiger partial charge in [-0.15, -0.1) is 0 Å². The lowest BCUT2D eigenvalue weighted by molar-refractivity contribution is -0.165. The van der Waals surface area contributed by atoms with Gasteiger partial charge in [0.1, 0.15) is 11.7 Å². The molecule has 1 aromatic carbocycles. The number of hydrogen-bond acceptors (Lipinski definition) is 4. The summed E-state index contributed by atoms with van der Waals surface area (Å²) in [7, 11) is 0. The minimum absolute atomic E-state index is 0.0282. The van der Waals surface area contributed by atoms with Gasteiger partial charge in [-0.3, -0.25) is 9.59 Å². The van der Waals surface area contributed by atoms with Crippen molar-refractivity contribution < 1.29 is 19.1 Å². The molecule has 2 aliphatic heterocycles. The molecule has 1 saturated heterocycles. The van der Waals surface area contributed by atoms with E-state index in [4.69, 9.17) is 9.47 Å². The quantitative estimate of drug-likeness (QED) is 0.666. The summed E-state index contributed by atoms with van der Waals surface area (Å²) in [6, 6.07) is 7.56. The van der Waals surface area contributed by atoms with Gasteiger partial charge >= 0.3 is 5.97 Å². The van der Waals surface area contributed by atoms with Crippen LogP contribution in [0.5, 0.6) is 5.75 Å². The van der Waals surface area contributed by atoms with Gasteiger partial charge in [-0.1, -0.05) is 25.1 Å². The van der Waals surface area contributed by atoms with E-state index in [1.165, 1.54) is 0 Å². The number of piperidine rings is 1. The molecule has 3 rings (SSSR count). The van der Waals surface area contributed by atoms with E-state index in [0.29, 0.717) is 0 Å². The van der Waals surface area contributed by atoms with E-state index < -0.39 is 17.6 Å². The monoisotopic (exact) mass is 289 g/mol. The second-order valence-corrected chi connectivity index (χ2v) is 5.78. The Morgan fingerprint density at radius 3 is 2.86 bits per heavy atom. The van der Waals surface area contributed by atoms with Crippen LogP contribution in [-0.2, 0) is 14.3 Å². The smallest absolute Gasteiger partial charge is 0.319 e. The molecular formula is C16H19NO4. The second-order valence-electron chi connectivity index (χ2n) is 5.78. The third-order valence-corrected chi connectivity index (χ3v) is 4.56. The van der Waals surface area contributed by atoms with E-state index in [9.17, 15) is 9.59 Å². The average molecular weight is 289 g/mol. The highest BCUT2D eigenvalue weighted by Crippen LogP contribution is 2.50. The van der Waals surface area contributed by atoms with Crippen LogP contribution in [0.2, 0.25) is 0 Å². The van der Waals surface area contributed by atoms with E-state index in [0.717, 1.165) is 11.3 Å². The molecule has 4 atom stereocenters. The molecule has 5 nitrogen and oxygen atoms in total. The van der Waals surface area contributed by atoms with Crippen molar-refractivity contribution in [3.8, 4) is 5.75 Å². The predicted molar refractivity (Wildman–Crippen MR) is 75.6 cm³/mol. The lowest BCUT2D eigenvalue weighted by Crippen LogP contribution is -2.66. The van der Waals surface area contributed by atoms with Crippen molar-refractivity contribution in [1.29, 1.82) is 0 Å². The van der Waals surface area contributed by atoms with E-state index in [1.54, 1.807) is 6.92 Å². The zero-order valence-corrected chi connectivity index (χ0v) is 12.4. The van der Waals surface area contributed by atoms with Gasteiger partial charge in [-0.25, -0.2) is 0 Å². The molecule has 21 heavy (non-hydrogen) atoms. The molecule has 2 bridgehead atoms. The molecule has 0 spiro atoms. The minimum atomic E-state index is -0.821. The zero-order chi connectivity index (χ0) is 15.2. The molecule has 112 valence electrons. The van der Waals surface area contributed by atoms with Crippen molar-refractivity contribution in [2.24, 2.45) is 11.8 Å². The number of esters is 1. The molecule has 2 aliphatic rings. The number of fused-ring (bicyclic) bond motifs is 4. The number of carbonyl (C=O) groups is 2. The van der Waals surface area contributed by atoms with Gasteiger partial charge in [0.25, 0.3) is 0 Å². The van der Waals surface area contributed by atoms with Gasteiger partial charge in [-0.05, 0) is 25.5 Å². The molecule has 1 amide bonds. The van der Waals surface area contributed by atoms with Crippen LogP contribution in [0.15, 0.2) is 24.3 Å². The van der Waals surface area contributed by atoms with Crippen molar-refractivity contribution in [2.45, 2.75) is 32.4 Å². The summed E-state index contributed by atoms with van der Waals surface area (Å²) in [6.45, 7) is 5.84. The maximum Gasteiger partial charge on any atom is 0.319 e. The topological polar surface area (TPSA) is 64.6 Å². The van der Waals surface area contributed by atoms with Crippen molar-refractivity contribution in [2.75, 3.05) is 6.61 Å². The number of rotatable bonds is 2. The maximum absolute atomic E-state index is 12.4. The molecule has 2 unspecified atom stereocenters. The van der Waals surface area contributed by atoms with Crippen LogP contribution >= 0.6 is 0 Å². The first kappa shape index (κ1) is 13.9. The van der Waals surface area contributed by atoms with E-state index in [-0.39, 0.29) is 24.3 Å². The van der Waals surface area contributed by atoms with E-state index in [2.05, 4.69) is 5.32 Å². The van der Waals surface area contributed by atoms with Crippen molar-refractivity contribution >= 4 is 11.9 Å². The van der Waals surface area contributed by atoms with Gasteiger partial charge in [0, 0.05) is 11.8 Å². The molecule has 0 saturated carbocycles. The normalized spacial score (nSPS) is 33.5. The number of amides is 1. The highest BCUT2D eigenvalue weighted by Gasteiger charge is 2.56. The van der Waals surface area contributed by atoms with Crippen molar-refractivity contribution in [1.82, 2.24) is 5.32 Å². The highest BCUT2D eigenvalue weighted by atomic mass is 16.5. The average Bonchev–Trinajstić information content (AvgIpc) is 2.42. The van der Waals surface area contributed by atoms with E-state index >= 15 is 0 Å². The first-order valence-electron chi connectivity index (χ1n) is 7.24. The summed E-state index contributed by atoms with van der Waals surface area (Å²) in [6.07, 6.45) is 0. The summed E-state index contributed by atoms with van der Waals surface area (Å²) in [4.78, 5) is 24.6. The Bertz CT molecular complexity index is 600. The Balaban J connectivity index is 2.10. The summed E-state index contributed by atoms with van der Waals surface area (Å²) in [5, 5.41) is 2.84. The minimum Gasteiger partial charge on any atom is -0.468 e. The van der Waals surface area contributed by atoms with E-state index in [1.807, 2.05) is 38.1 Å². The first-order chi connectivity index (χ1) is 9.98. The SMILES string of the molecule is CCOC(=O)C1C(=O)N[C@]2(C)Oc3ccccc3[C@H]1C2C. The molecule has 1 N–H and O–H groups in total. The van der Waals surface area contributed by atoms with Gasteiger partial charge in [0.15, 0.2) is 5.72 Å². The van der Waals surface area contributed by atoms with Crippen molar-refractivity contribution in [3.63, 3.8) is 0 Å². The Kier molecular flexibility index (Phi) is 3.15. The lowest BCUT2D eigenvalue weighted by atomic mass is 9.68. The Labute approximate surface area is 123 Å². The summed E-state index contributed by atoms with van der Waals surface area (Å²) in [5.74, 6) is -1.15. The number of nitrogens with one attached hydrogen (secondary N) is 1. The van der Waals surface area contributed by atoms with Crippen LogP contribution < -0.4 is 10.1 Å². The Morgan fingerprint density at radius 1 is 1.43 bits per heavy atom. The van der Waals surface area contributed by atoms with Gasteiger partial charge in [0.05, 0.1) is 6.61 Å².